The van der Waals surface area contributed by atoms with Gasteiger partial charge in [0, 0.05) is 0 Å². The van der Waals surface area contributed by atoms with Gasteiger partial charge in [-0.1, -0.05) is 0 Å². The van der Waals surface area contributed by atoms with E-state index < -0.39 is 12.8 Å². The molecular formula is C20H19BSe. The molecule has 1 aliphatic rings. The first-order valence-corrected chi connectivity index (χ1v) is 12.8. The molecule has 1 heterocycles. The monoisotopic (exact) mass is 350 g/mol. The first kappa shape index (κ1) is 13.9. The van der Waals surface area contributed by atoms with Crippen LogP contribution in [0, 0.1) is 0 Å². The van der Waals surface area contributed by atoms with E-state index in [1.54, 1.807) is 8.92 Å². The Morgan fingerprint density at radius 3 is 1.59 bits per heavy atom. The van der Waals surface area contributed by atoms with Gasteiger partial charge in [0.05, 0.1) is 0 Å². The van der Waals surface area contributed by atoms with Gasteiger partial charge < -0.3 is 0 Å². The van der Waals surface area contributed by atoms with Gasteiger partial charge in [-0.15, -0.1) is 0 Å². The van der Waals surface area contributed by atoms with Crippen LogP contribution in [-0.2, 0) is 0 Å². The van der Waals surface area contributed by atoms with Crippen molar-refractivity contribution in [1.82, 2.24) is 0 Å². The van der Waals surface area contributed by atoms with Crippen molar-refractivity contribution in [3.05, 3.63) is 78.9 Å². The van der Waals surface area contributed by atoms with Crippen LogP contribution < -0.4 is 25.3 Å². The summed E-state index contributed by atoms with van der Waals surface area (Å²) in [4.78, 5) is 0. The molecule has 0 unspecified atom stereocenters. The third-order valence-electron chi connectivity index (χ3n) is 4.69. The van der Waals surface area contributed by atoms with Crippen molar-refractivity contribution in [2.45, 2.75) is 11.6 Å². The van der Waals surface area contributed by atoms with Crippen molar-refractivity contribution >= 4 is 44.9 Å². The summed E-state index contributed by atoms with van der Waals surface area (Å²) >= 11 is -1.81. The summed E-state index contributed by atoms with van der Waals surface area (Å²) in [6, 6.07) is 29.1. The molecule has 22 heavy (non-hydrogen) atoms. The minimum atomic E-state index is -1.81. The maximum atomic E-state index is 2.50. The first-order chi connectivity index (χ1) is 10.7. The van der Waals surface area contributed by atoms with Gasteiger partial charge in [0.2, 0.25) is 0 Å². The predicted octanol–water partition coefficient (Wildman–Crippen LogP) is 1.34. The molecule has 0 bridgehead atoms. The number of hydrogen-bond donors (Lipinski definition) is 0. The van der Waals surface area contributed by atoms with E-state index in [0.29, 0.717) is 6.71 Å². The second-order valence-corrected chi connectivity index (χ2v) is 13.7. The van der Waals surface area contributed by atoms with Crippen LogP contribution in [0.3, 0.4) is 0 Å². The summed E-state index contributed by atoms with van der Waals surface area (Å²) in [5, 5.41) is 0. The molecule has 0 fully saturated rings. The van der Waals surface area contributed by atoms with E-state index in [2.05, 4.69) is 90.5 Å². The third kappa shape index (κ3) is 1.99. The van der Waals surface area contributed by atoms with Crippen molar-refractivity contribution in [2.75, 3.05) is 0 Å². The van der Waals surface area contributed by atoms with Gasteiger partial charge >= 0.3 is 135 Å². The Hall–Kier alpha value is -1.76. The van der Waals surface area contributed by atoms with E-state index in [0.717, 1.165) is 0 Å². The van der Waals surface area contributed by atoms with Crippen LogP contribution in [0.4, 0.5) is 0 Å². The molecule has 2 heteroatoms. The molecule has 1 aliphatic heterocycles. The Morgan fingerprint density at radius 2 is 1.05 bits per heavy atom. The summed E-state index contributed by atoms with van der Waals surface area (Å²) in [6.45, 7) is 0.374. The number of rotatable bonds is 1. The van der Waals surface area contributed by atoms with Crippen LogP contribution in [0.5, 0.6) is 0 Å². The molecule has 0 spiro atoms. The Bertz CT molecular complexity index is 774. The second-order valence-electron chi connectivity index (χ2n) is 6.25. The third-order valence-corrected chi connectivity index (χ3v) is 10.9. The molecule has 0 aliphatic carbocycles. The fourth-order valence-electron chi connectivity index (χ4n) is 3.66. The second kappa shape index (κ2) is 5.16. The van der Waals surface area contributed by atoms with Crippen LogP contribution >= 0.6 is 0 Å². The predicted molar refractivity (Wildman–Crippen MR) is 101 cm³/mol. The molecule has 0 aromatic heterocycles. The van der Waals surface area contributed by atoms with Gasteiger partial charge in [0.25, 0.3) is 0 Å². The van der Waals surface area contributed by atoms with Crippen molar-refractivity contribution < 1.29 is 0 Å². The van der Waals surface area contributed by atoms with Crippen LogP contribution in [0.1, 0.15) is 0 Å². The molecule has 3 aromatic rings. The van der Waals surface area contributed by atoms with Crippen LogP contribution in [0.25, 0.3) is 0 Å². The van der Waals surface area contributed by atoms with Crippen LogP contribution in [-0.4, -0.2) is 19.6 Å². The zero-order valence-electron chi connectivity index (χ0n) is 13.0. The molecule has 0 amide bonds. The molecule has 108 valence electrons. The van der Waals surface area contributed by atoms with Gasteiger partial charge in [-0.25, -0.2) is 0 Å². The van der Waals surface area contributed by atoms with E-state index in [4.69, 9.17) is 0 Å². The van der Waals surface area contributed by atoms with Gasteiger partial charge in [-0.05, 0) is 0 Å². The topological polar surface area (TPSA) is 0 Å². The average Bonchev–Trinajstić information content (AvgIpc) is 2.56. The molecule has 0 N–H and O–H groups in total. The molecule has 0 saturated carbocycles. The van der Waals surface area contributed by atoms with Gasteiger partial charge in [0.1, 0.15) is 0 Å². The van der Waals surface area contributed by atoms with E-state index in [-0.39, 0.29) is 0 Å². The zero-order chi connectivity index (χ0) is 15.2. The van der Waals surface area contributed by atoms with Crippen molar-refractivity contribution in [1.29, 1.82) is 0 Å². The standard InChI is InChI=1S/C20H19BSe/c1-22(2)19-14-8-6-12-17(19)21(16-10-4-3-5-11-16)18-13-7-9-15-20(18)22/h3-15H,1-2H3. The van der Waals surface area contributed by atoms with Crippen molar-refractivity contribution in [2.24, 2.45) is 0 Å². The molecule has 0 nitrogen and oxygen atoms in total. The molecule has 0 saturated heterocycles. The van der Waals surface area contributed by atoms with E-state index in [9.17, 15) is 0 Å². The Kier molecular flexibility index (Phi) is 3.25. The number of benzene rings is 3. The molecule has 3 aromatic carbocycles. The normalized spacial score (nSPS) is 16.5. The molecule has 0 atom stereocenters. The van der Waals surface area contributed by atoms with E-state index >= 15 is 0 Å². The Morgan fingerprint density at radius 1 is 0.591 bits per heavy atom. The Labute approximate surface area is 135 Å². The van der Waals surface area contributed by atoms with Gasteiger partial charge in [0.15, 0.2) is 0 Å². The van der Waals surface area contributed by atoms with Crippen LogP contribution in [0.15, 0.2) is 78.9 Å². The fourth-order valence-corrected chi connectivity index (χ4v) is 9.17. The van der Waals surface area contributed by atoms with E-state index in [1.807, 2.05) is 0 Å². The summed E-state index contributed by atoms with van der Waals surface area (Å²) in [6.07, 6.45) is 0. The van der Waals surface area contributed by atoms with Crippen LogP contribution in [0.2, 0.25) is 11.6 Å². The van der Waals surface area contributed by atoms with E-state index in [1.165, 1.54) is 16.4 Å². The van der Waals surface area contributed by atoms with Gasteiger partial charge in [-0.2, -0.15) is 0 Å². The van der Waals surface area contributed by atoms with Crippen molar-refractivity contribution in [3.8, 4) is 0 Å². The molecule has 4 rings (SSSR count). The molecule has 0 radical (unpaired) electrons. The average molecular weight is 349 g/mol. The SMILES string of the molecule is C[Se]1(C)c2ccccc2B(c2ccccc2)c2ccccc21. The maximum absolute atomic E-state index is 2.50. The summed E-state index contributed by atoms with van der Waals surface area (Å²) < 4.78 is 3.21. The van der Waals surface area contributed by atoms with Gasteiger partial charge in [-0.3, -0.25) is 0 Å². The minimum absolute atomic E-state index is 0.374. The summed E-state index contributed by atoms with van der Waals surface area (Å²) in [7, 11) is 0. The quantitative estimate of drug-likeness (QED) is 0.582. The summed E-state index contributed by atoms with van der Waals surface area (Å²) in [5.74, 6) is 4.99. The zero-order valence-corrected chi connectivity index (χ0v) is 14.7. The number of fused-ring (bicyclic) bond motifs is 2. The Balaban J connectivity index is 2.05. The first-order valence-electron chi connectivity index (χ1n) is 7.66. The van der Waals surface area contributed by atoms with Crippen molar-refractivity contribution in [3.63, 3.8) is 0 Å². The number of hydrogen-bond acceptors (Lipinski definition) is 0. The summed E-state index contributed by atoms with van der Waals surface area (Å²) in [5.41, 5.74) is 4.42. The fraction of sp³-hybridized carbons (Fsp3) is 0.100. The molecular weight excluding hydrogens is 330 g/mol.